The minimum atomic E-state index is -2.55. The van der Waals surface area contributed by atoms with Crippen LogP contribution >= 0.6 is 22.7 Å². The Morgan fingerprint density at radius 1 is 1.18 bits per heavy atom. The van der Waals surface area contributed by atoms with E-state index in [-0.39, 0.29) is 19.0 Å². The molecular formula is C24H33F2N5OS2. The van der Waals surface area contributed by atoms with Crippen LogP contribution in [0.15, 0.2) is 6.20 Å². The first kappa shape index (κ1) is 24.1. The number of carbonyl (C=O) groups is 1. The molecule has 0 bridgehead atoms. The Labute approximate surface area is 207 Å². The fraction of sp³-hybridized carbons (Fsp3) is 0.708. The van der Waals surface area contributed by atoms with Crippen molar-refractivity contribution in [3.63, 3.8) is 0 Å². The summed E-state index contributed by atoms with van der Waals surface area (Å²) in [5, 5.41) is 5.00. The largest absolute Gasteiger partial charge is 0.353 e. The molecule has 186 valence electrons. The average Bonchev–Trinajstić information content (AvgIpc) is 3.32. The molecule has 4 heterocycles. The summed E-state index contributed by atoms with van der Waals surface area (Å²) < 4.78 is 26.4. The molecule has 0 unspecified atom stereocenters. The summed E-state index contributed by atoms with van der Waals surface area (Å²) in [5.74, 6) is -1.71. The van der Waals surface area contributed by atoms with Gasteiger partial charge >= 0.3 is 0 Å². The molecule has 0 atom stereocenters. The van der Waals surface area contributed by atoms with E-state index in [1.807, 2.05) is 6.92 Å². The van der Waals surface area contributed by atoms with Gasteiger partial charge in [-0.15, -0.1) is 22.7 Å². The van der Waals surface area contributed by atoms with Gasteiger partial charge in [0.1, 0.15) is 0 Å². The lowest BCUT2D eigenvalue weighted by Gasteiger charge is -2.38. The molecule has 3 aliphatic rings. The van der Waals surface area contributed by atoms with E-state index in [0.29, 0.717) is 12.5 Å². The van der Waals surface area contributed by atoms with Gasteiger partial charge in [0, 0.05) is 41.5 Å². The van der Waals surface area contributed by atoms with Crippen molar-refractivity contribution in [2.75, 3.05) is 37.6 Å². The van der Waals surface area contributed by atoms with Crippen molar-refractivity contribution in [3.05, 3.63) is 26.7 Å². The van der Waals surface area contributed by atoms with E-state index in [1.54, 1.807) is 33.8 Å². The van der Waals surface area contributed by atoms with Crippen molar-refractivity contribution >= 4 is 33.7 Å². The van der Waals surface area contributed by atoms with Gasteiger partial charge in [-0.2, -0.15) is 0 Å². The molecule has 5 rings (SSSR count). The fourth-order valence-corrected chi connectivity index (χ4v) is 7.17. The predicted molar refractivity (Wildman–Crippen MR) is 132 cm³/mol. The van der Waals surface area contributed by atoms with Gasteiger partial charge in [0.15, 0.2) is 5.13 Å². The van der Waals surface area contributed by atoms with Gasteiger partial charge in [0.2, 0.25) is 5.91 Å². The molecule has 2 aromatic heterocycles. The highest BCUT2D eigenvalue weighted by Crippen LogP contribution is 2.36. The molecule has 1 saturated heterocycles. The quantitative estimate of drug-likeness (QED) is 0.610. The number of thiazole rings is 2. The van der Waals surface area contributed by atoms with Crippen LogP contribution in [0.5, 0.6) is 0 Å². The van der Waals surface area contributed by atoms with Gasteiger partial charge in [-0.05, 0) is 57.9 Å². The molecule has 1 amide bonds. The SMILES string of the molecule is Cc1ncc(CC(=O)NC2CCC(CCN3CCc4nc(N5CC(F)(F)C5)sc4CC3)CC2)s1. The number of alkyl halides is 2. The standard InChI is InChI=1S/C24H33F2N5OS2/c1-16-27-13-19(33-16)12-22(32)28-18-4-2-17(3-5-18)6-9-30-10-7-20-21(8-11-30)34-23(29-20)31-14-24(25,26)15-31/h13,17-18H,2-12,14-15H2,1H3,(H,28,32). The first-order chi connectivity index (χ1) is 16.3. The number of fused-ring (bicyclic) bond motifs is 1. The third-order valence-corrected chi connectivity index (χ3v) is 9.40. The molecule has 2 aliphatic heterocycles. The number of carbonyl (C=O) groups excluding carboxylic acids is 1. The molecule has 2 aromatic rings. The number of hydrogen-bond donors (Lipinski definition) is 1. The number of anilines is 1. The zero-order chi connectivity index (χ0) is 23.7. The molecule has 1 aliphatic carbocycles. The maximum atomic E-state index is 13.2. The van der Waals surface area contributed by atoms with Gasteiger partial charge in [0.25, 0.3) is 5.92 Å². The van der Waals surface area contributed by atoms with Crippen LogP contribution in [0.4, 0.5) is 13.9 Å². The average molecular weight is 510 g/mol. The Morgan fingerprint density at radius 2 is 1.94 bits per heavy atom. The molecule has 10 heteroatoms. The predicted octanol–water partition coefficient (Wildman–Crippen LogP) is 4.07. The van der Waals surface area contributed by atoms with Crippen LogP contribution in [0.25, 0.3) is 0 Å². The zero-order valence-electron chi connectivity index (χ0n) is 19.7. The molecule has 1 N–H and O–H groups in total. The Hall–Kier alpha value is -1.65. The molecule has 0 spiro atoms. The van der Waals surface area contributed by atoms with E-state index in [0.717, 1.165) is 71.9 Å². The fourth-order valence-electron chi connectivity index (χ4n) is 5.29. The lowest BCUT2D eigenvalue weighted by molar-refractivity contribution is -0.121. The molecule has 2 fully saturated rings. The minimum Gasteiger partial charge on any atom is -0.353 e. The van der Waals surface area contributed by atoms with Gasteiger partial charge < -0.3 is 15.1 Å². The number of rotatable bonds is 7. The molecule has 1 saturated carbocycles. The van der Waals surface area contributed by atoms with Crippen LogP contribution < -0.4 is 10.2 Å². The first-order valence-electron chi connectivity index (χ1n) is 12.4. The Balaban J connectivity index is 1.00. The summed E-state index contributed by atoms with van der Waals surface area (Å²) in [7, 11) is 0. The Kier molecular flexibility index (Phi) is 7.18. The second-order valence-electron chi connectivity index (χ2n) is 10.0. The second-order valence-corrected chi connectivity index (χ2v) is 12.4. The summed E-state index contributed by atoms with van der Waals surface area (Å²) in [5.41, 5.74) is 1.11. The number of nitrogens with one attached hydrogen (secondary N) is 1. The van der Waals surface area contributed by atoms with Gasteiger partial charge in [-0.3, -0.25) is 4.79 Å². The van der Waals surface area contributed by atoms with E-state index >= 15 is 0 Å². The van der Waals surface area contributed by atoms with Crippen LogP contribution in [0.3, 0.4) is 0 Å². The van der Waals surface area contributed by atoms with Gasteiger partial charge in [-0.25, -0.2) is 18.7 Å². The number of amides is 1. The van der Waals surface area contributed by atoms with Crippen LogP contribution in [0.1, 0.15) is 52.6 Å². The maximum absolute atomic E-state index is 13.2. The summed E-state index contributed by atoms with van der Waals surface area (Å²) in [4.78, 5) is 27.8. The van der Waals surface area contributed by atoms with Crippen LogP contribution in [0, 0.1) is 12.8 Å². The highest BCUT2D eigenvalue weighted by molar-refractivity contribution is 7.15. The van der Waals surface area contributed by atoms with E-state index in [1.165, 1.54) is 24.1 Å². The normalized spacial score (nSPS) is 24.9. The highest BCUT2D eigenvalue weighted by atomic mass is 32.1. The van der Waals surface area contributed by atoms with Crippen molar-refractivity contribution in [3.8, 4) is 0 Å². The molecule has 6 nitrogen and oxygen atoms in total. The molecule has 0 radical (unpaired) electrons. The third kappa shape index (κ3) is 5.94. The van der Waals surface area contributed by atoms with E-state index in [9.17, 15) is 13.6 Å². The number of aryl methyl sites for hydroxylation is 1. The maximum Gasteiger partial charge on any atom is 0.282 e. The number of nitrogens with zero attached hydrogens (tertiary/aromatic N) is 4. The van der Waals surface area contributed by atoms with Crippen molar-refractivity contribution < 1.29 is 13.6 Å². The van der Waals surface area contributed by atoms with Gasteiger partial charge in [-0.1, -0.05) is 0 Å². The van der Waals surface area contributed by atoms with Crippen LogP contribution in [0.2, 0.25) is 0 Å². The zero-order valence-corrected chi connectivity index (χ0v) is 21.3. The minimum absolute atomic E-state index is 0.115. The van der Waals surface area contributed by atoms with Crippen molar-refractivity contribution in [2.24, 2.45) is 5.92 Å². The molecule has 0 aromatic carbocycles. The monoisotopic (exact) mass is 509 g/mol. The number of hydrogen-bond acceptors (Lipinski definition) is 7. The van der Waals surface area contributed by atoms with E-state index < -0.39 is 5.92 Å². The smallest absolute Gasteiger partial charge is 0.282 e. The topological polar surface area (TPSA) is 61.4 Å². The summed E-state index contributed by atoms with van der Waals surface area (Å²) in [6.07, 6.45) is 9.82. The number of aromatic nitrogens is 2. The summed E-state index contributed by atoms with van der Waals surface area (Å²) in [6.45, 7) is 4.70. The summed E-state index contributed by atoms with van der Waals surface area (Å²) >= 11 is 3.20. The number of halogens is 2. The van der Waals surface area contributed by atoms with E-state index in [4.69, 9.17) is 0 Å². The lowest BCUT2D eigenvalue weighted by Crippen LogP contribution is -2.56. The van der Waals surface area contributed by atoms with Crippen molar-refractivity contribution in [2.45, 2.75) is 70.3 Å². The second kappa shape index (κ2) is 10.1. The van der Waals surface area contributed by atoms with E-state index in [2.05, 4.69) is 20.2 Å². The van der Waals surface area contributed by atoms with Crippen molar-refractivity contribution in [1.82, 2.24) is 20.2 Å². The first-order valence-corrected chi connectivity index (χ1v) is 14.0. The Morgan fingerprint density at radius 3 is 2.65 bits per heavy atom. The van der Waals surface area contributed by atoms with Crippen molar-refractivity contribution in [1.29, 1.82) is 0 Å². The lowest BCUT2D eigenvalue weighted by atomic mass is 9.84. The third-order valence-electron chi connectivity index (χ3n) is 7.27. The summed E-state index contributed by atoms with van der Waals surface area (Å²) in [6, 6.07) is 0.304. The highest BCUT2D eigenvalue weighted by Gasteiger charge is 2.45. The van der Waals surface area contributed by atoms with Gasteiger partial charge in [0.05, 0.1) is 30.2 Å². The van der Waals surface area contributed by atoms with Crippen LogP contribution in [-0.2, 0) is 24.1 Å². The van der Waals surface area contributed by atoms with Crippen LogP contribution in [-0.4, -0.2) is 65.5 Å². The molecule has 34 heavy (non-hydrogen) atoms. The Bertz CT molecular complexity index is 968. The molecular weight excluding hydrogens is 476 g/mol.